The van der Waals surface area contributed by atoms with E-state index in [-0.39, 0.29) is 18.0 Å². The molecule has 0 saturated heterocycles. The molecule has 0 aliphatic carbocycles. The number of para-hydroxylation sites is 3. The maximum Gasteiger partial charge on any atom is 0.156 e. The van der Waals surface area contributed by atoms with E-state index in [9.17, 15) is 4.79 Å². The molecular weight excluding hydrogens is 286 g/mol. The molecule has 2 heterocycles. The fraction of sp³-hybridized carbons (Fsp3) is 0.158. The lowest BCUT2D eigenvalue weighted by Crippen LogP contribution is -2.52. The lowest BCUT2D eigenvalue weighted by molar-refractivity contribution is -0.117. The molecule has 2 aliphatic rings. The van der Waals surface area contributed by atoms with Crippen LogP contribution in [0.1, 0.15) is 12.5 Å². The predicted molar refractivity (Wildman–Crippen MR) is 94.4 cm³/mol. The number of hydrogen-bond acceptors (Lipinski definition) is 4. The zero-order chi connectivity index (χ0) is 15.8. The molecule has 0 saturated carbocycles. The Morgan fingerprint density at radius 1 is 1.13 bits per heavy atom. The number of nitrogens with zero attached hydrogens (tertiary/aromatic N) is 2. The van der Waals surface area contributed by atoms with Crippen LogP contribution in [0.4, 0.5) is 17.1 Å². The third-order valence-corrected chi connectivity index (χ3v) is 4.25. The van der Waals surface area contributed by atoms with Crippen molar-refractivity contribution in [2.45, 2.75) is 19.1 Å². The lowest BCUT2D eigenvalue weighted by atomic mass is 9.99. The van der Waals surface area contributed by atoms with Crippen LogP contribution in [0.2, 0.25) is 0 Å². The molecule has 2 unspecified atom stereocenters. The first-order valence-electron chi connectivity index (χ1n) is 7.70. The lowest BCUT2D eigenvalue weighted by Gasteiger charge is -2.40. The molecule has 0 spiro atoms. The van der Waals surface area contributed by atoms with Crippen LogP contribution in [0, 0.1) is 0 Å². The fourth-order valence-corrected chi connectivity index (χ4v) is 3.15. The highest BCUT2D eigenvalue weighted by molar-refractivity contribution is 5.95. The Hall–Kier alpha value is -2.88. The minimum Gasteiger partial charge on any atom is -0.359 e. The van der Waals surface area contributed by atoms with Gasteiger partial charge in [0.2, 0.25) is 0 Å². The number of ketones is 1. The van der Waals surface area contributed by atoms with E-state index in [1.807, 2.05) is 60.8 Å². The van der Waals surface area contributed by atoms with Gasteiger partial charge in [-0.3, -0.25) is 9.79 Å². The molecule has 23 heavy (non-hydrogen) atoms. The molecule has 2 atom stereocenters. The summed E-state index contributed by atoms with van der Waals surface area (Å²) in [6, 6.07) is 15.7. The summed E-state index contributed by atoms with van der Waals surface area (Å²) in [4.78, 5) is 18.8. The van der Waals surface area contributed by atoms with E-state index >= 15 is 0 Å². The number of fused-ring (bicyclic) bond motifs is 2. The highest BCUT2D eigenvalue weighted by Gasteiger charge is 2.32. The van der Waals surface area contributed by atoms with Gasteiger partial charge in [0.15, 0.2) is 5.78 Å². The molecule has 4 heteroatoms. The number of Topliss-reactive ketones (excluding diaryl/α,β-unsaturated/α-hetero) is 1. The maximum atomic E-state index is 12.1. The van der Waals surface area contributed by atoms with Gasteiger partial charge in [0.1, 0.15) is 12.2 Å². The number of benzene rings is 2. The zero-order valence-electron chi connectivity index (χ0n) is 12.8. The Morgan fingerprint density at radius 3 is 2.78 bits per heavy atom. The van der Waals surface area contributed by atoms with Crippen molar-refractivity contribution in [3.8, 4) is 0 Å². The predicted octanol–water partition coefficient (Wildman–Crippen LogP) is 3.63. The van der Waals surface area contributed by atoms with Crippen LogP contribution in [-0.4, -0.2) is 24.2 Å². The van der Waals surface area contributed by atoms with E-state index < -0.39 is 0 Å². The first kappa shape index (κ1) is 13.8. The van der Waals surface area contributed by atoms with Crippen LogP contribution in [0.15, 0.2) is 59.6 Å². The fourth-order valence-electron chi connectivity index (χ4n) is 3.15. The van der Waals surface area contributed by atoms with Gasteiger partial charge in [-0.05, 0) is 30.7 Å². The molecule has 2 aliphatic heterocycles. The van der Waals surface area contributed by atoms with Gasteiger partial charge in [-0.15, -0.1) is 0 Å². The molecule has 0 fully saturated rings. The third-order valence-electron chi connectivity index (χ3n) is 4.25. The number of anilines is 2. The summed E-state index contributed by atoms with van der Waals surface area (Å²) < 4.78 is 0. The Bertz CT molecular complexity index is 825. The largest absolute Gasteiger partial charge is 0.359 e. The van der Waals surface area contributed by atoms with E-state index in [1.54, 1.807) is 6.92 Å². The van der Waals surface area contributed by atoms with Gasteiger partial charge >= 0.3 is 0 Å². The molecule has 2 aromatic rings. The topological polar surface area (TPSA) is 44.7 Å². The second-order valence-electron chi connectivity index (χ2n) is 5.77. The SMILES string of the molecule is CC(=O)C1C=Cc2ccccc2N1C1C=Nc2ccccc2N1. The second-order valence-corrected chi connectivity index (χ2v) is 5.77. The van der Waals surface area contributed by atoms with Crippen LogP contribution in [0.25, 0.3) is 6.08 Å². The number of aliphatic imine (C=N–C) groups is 1. The van der Waals surface area contributed by atoms with Gasteiger partial charge in [0.25, 0.3) is 0 Å². The number of hydrogen-bond donors (Lipinski definition) is 1. The highest BCUT2D eigenvalue weighted by atomic mass is 16.1. The van der Waals surface area contributed by atoms with Crippen LogP contribution >= 0.6 is 0 Å². The number of nitrogens with one attached hydrogen (secondary N) is 1. The Kier molecular flexibility index (Phi) is 3.23. The Morgan fingerprint density at radius 2 is 1.91 bits per heavy atom. The summed E-state index contributed by atoms with van der Waals surface area (Å²) >= 11 is 0. The average molecular weight is 303 g/mol. The van der Waals surface area contributed by atoms with E-state index in [0.717, 1.165) is 22.6 Å². The standard InChI is InChI=1S/C19H17N3O/c1-13(23)17-11-10-14-6-2-5-9-18(14)22(17)19-12-20-15-7-3-4-8-16(15)21-19/h2-12,17,19,21H,1H3. The number of rotatable bonds is 2. The van der Waals surface area contributed by atoms with Gasteiger partial charge in [-0.25, -0.2) is 0 Å². The summed E-state index contributed by atoms with van der Waals surface area (Å²) in [6.07, 6.45) is 5.69. The minimum atomic E-state index is -0.292. The summed E-state index contributed by atoms with van der Waals surface area (Å²) in [5.74, 6) is 0.116. The van der Waals surface area contributed by atoms with Gasteiger partial charge in [-0.2, -0.15) is 0 Å². The smallest absolute Gasteiger partial charge is 0.156 e. The van der Waals surface area contributed by atoms with E-state index in [0.29, 0.717) is 0 Å². The number of carbonyl (C=O) groups excluding carboxylic acids is 1. The highest BCUT2D eigenvalue weighted by Crippen LogP contribution is 2.34. The monoisotopic (exact) mass is 303 g/mol. The molecule has 0 radical (unpaired) electrons. The Labute approximate surface area is 135 Å². The van der Waals surface area contributed by atoms with Gasteiger partial charge in [0.05, 0.1) is 11.4 Å². The van der Waals surface area contributed by atoms with Crippen LogP contribution in [0.3, 0.4) is 0 Å². The zero-order valence-corrected chi connectivity index (χ0v) is 12.8. The van der Waals surface area contributed by atoms with E-state index in [4.69, 9.17) is 0 Å². The molecular formula is C19H17N3O. The maximum absolute atomic E-state index is 12.1. The third kappa shape index (κ3) is 2.32. The summed E-state index contributed by atoms with van der Waals surface area (Å²) in [5.41, 5.74) is 4.05. The van der Waals surface area contributed by atoms with Crippen molar-refractivity contribution in [1.29, 1.82) is 0 Å². The van der Waals surface area contributed by atoms with Crippen molar-refractivity contribution in [1.82, 2.24) is 0 Å². The van der Waals surface area contributed by atoms with E-state index in [1.165, 1.54) is 0 Å². The first-order chi connectivity index (χ1) is 11.2. The number of carbonyl (C=O) groups is 1. The second kappa shape index (κ2) is 5.39. The quantitative estimate of drug-likeness (QED) is 0.921. The molecule has 4 rings (SSSR count). The molecule has 4 nitrogen and oxygen atoms in total. The molecule has 1 N–H and O–H groups in total. The molecule has 0 aromatic heterocycles. The molecule has 0 amide bonds. The summed E-state index contributed by atoms with van der Waals surface area (Å²) in [7, 11) is 0. The van der Waals surface area contributed by atoms with Crippen molar-refractivity contribution in [2.24, 2.45) is 4.99 Å². The van der Waals surface area contributed by atoms with Crippen molar-refractivity contribution in [3.63, 3.8) is 0 Å². The van der Waals surface area contributed by atoms with Gasteiger partial charge < -0.3 is 10.2 Å². The van der Waals surface area contributed by atoms with Crippen molar-refractivity contribution in [3.05, 3.63) is 60.2 Å². The molecule has 2 aromatic carbocycles. The molecule has 114 valence electrons. The van der Waals surface area contributed by atoms with Gasteiger partial charge in [-0.1, -0.05) is 42.5 Å². The average Bonchev–Trinajstić information content (AvgIpc) is 2.60. The van der Waals surface area contributed by atoms with Crippen molar-refractivity contribution < 1.29 is 4.79 Å². The van der Waals surface area contributed by atoms with Crippen LogP contribution < -0.4 is 10.2 Å². The van der Waals surface area contributed by atoms with Crippen LogP contribution in [0.5, 0.6) is 0 Å². The normalized spacial score (nSPS) is 21.3. The molecule has 0 bridgehead atoms. The van der Waals surface area contributed by atoms with E-state index in [2.05, 4.69) is 21.3 Å². The summed E-state index contributed by atoms with van der Waals surface area (Å²) in [6.45, 7) is 1.63. The van der Waals surface area contributed by atoms with Crippen molar-refractivity contribution in [2.75, 3.05) is 10.2 Å². The van der Waals surface area contributed by atoms with Gasteiger partial charge in [0, 0.05) is 11.9 Å². The van der Waals surface area contributed by atoms with Crippen molar-refractivity contribution >= 4 is 35.1 Å². The summed E-state index contributed by atoms with van der Waals surface area (Å²) in [5, 5.41) is 3.48. The van der Waals surface area contributed by atoms with Crippen LogP contribution in [-0.2, 0) is 4.79 Å². The Balaban J connectivity index is 1.77. The minimum absolute atomic E-state index is 0.116. The first-order valence-corrected chi connectivity index (χ1v) is 7.70.